The number of aromatic nitrogens is 2. The predicted molar refractivity (Wildman–Crippen MR) is 104 cm³/mol. The van der Waals surface area contributed by atoms with Crippen LogP contribution in [0.3, 0.4) is 0 Å². The van der Waals surface area contributed by atoms with Crippen molar-refractivity contribution in [2.75, 3.05) is 25.1 Å². The number of amides is 1. The number of carbonyl (C=O) groups excluding carboxylic acids is 1. The minimum atomic E-state index is -4.55. The minimum absolute atomic E-state index is 0. The van der Waals surface area contributed by atoms with Gasteiger partial charge in [0.05, 0.1) is 6.20 Å². The van der Waals surface area contributed by atoms with Crippen molar-refractivity contribution in [2.24, 2.45) is 5.92 Å². The number of benzene rings is 1. The smallest absolute Gasteiger partial charge is 0.405 e. The molecule has 7 nitrogen and oxygen atoms in total. The molecule has 2 aromatic rings. The summed E-state index contributed by atoms with van der Waals surface area (Å²) in [5, 5.41) is 4.40. The second-order valence-corrected chi connectivity index (χ2v) is 6.95. The van der Waals surface area contributed by atoms with E-state index in [-0.39, 0.29) is 14.5 Å². The first-order chi connectivity index (χ1) is 14.1. The fraction of sp³-hybridized carbons (Fsp3) is 0.421. The van der Waals surface area contributed by atoms with Gasteiger partial charge in [-0.2, -0.15) is 13.2 Å². The molecule has 1 amide bonds. The highest BCUT2D eigenvalue weighted by Gasteiger charge is 2.31. The molecule has 0 spiro atoms. The van der Waals surface area contributed by atoms with Gasteiger partial charge in [-0.05, 0) is 24.1 Å². The molecule has 0 saturated heterocycles. The lowest BCUT2D eigenvalue weighted by Crippen LogP contribution is -2.46. The van der Waals surface area contributed by atoms with Crippen LogP contribution in [0.4, 0.5) is 23.4 Å². The number of alkyl halides is 3. The fourth-order valence-corrected chi connectivity index (χ4v) is 2.77. The van der Waals surface area contributed by atoms with Crippen molar-refractivity contribution in [1.29, 1.82) is 0 Å². The van der Waals surface area contributed by atoms with E-state index in [1.807, 2.05) is 0 Å². The third kappa shape index (κ3) is 5.28. The van der Waals surface area contributed by atoms with Crippen LogP contribution in [0.5, 0.6) is 11.5 Å². The van der Waals surface area contributed by atoms with Crippen LogP contribution in [0.1, 0.15) is 16.7 Å². The largest absolute Gasteiger partial charge is 0.486 e. The zero-order valence-electron chi connectivity index (χ0n) is 16.2. The Bertz CT molecular complexity index is 932. The Hall–Kier alpha value is -3.11. The Morgan fingerprint density at radius 3 is 2.60 bits per heavy atom. The SMILES string of the molecule is CC(C)[C@@H](Nc1nc(-c2ccc3c(c2)OCCO3)ncc1F)C(=O)NCC(F)(F)F.[HH].[HH]. The number of hydrogen-bond donors (Lipinski definition) is 2. The number of nitrogens with one attached hydrogen (secondary N) is 2. The van der Waals surface area contributed by atoms with Crippen molar-refractivity contribution in [3.63, 3.8) is 0 Å². The van der Waals surface area contributed by atoms with Crippen LogP contribution in [0.25, 0.3) is 11.4 Å². The molecule has 0 bridgehead atoms. The summed E-state index contributed by atoms with van der Waals surface area (Å²) < 4.78 is 62.4. The first-order valence-corrected chi connectivity index (χ1v) is 9.17. The van der Waals surface area contributed by atoms with Crippen LogP contribution in [0, 0.1) is 11.7 Å². The third-order valence-corrected chi connectivity index (χ3v) is 4.25. The average Bonchev–Trinajstić information content (AvgIpc) is 2.70. The molecule has 166 valence electrons. The molecule has 1 atom stereocenters. The lowest BCUT2D eigenvalue weighted by molar-refractivity contribution is -0.139. The molecule has 1 aromatic heterocycles. The van der Waals surface area contributed by atoms with Crippen LogP contribution in [-0.4, -0.2) is 47.9 Å². The van der Waals surface area contributed by atoms with E-state index in [2.05, 4.69) is 15.3 Å². The van der Waals surface area contributed by atoms with E-state index in [1.54, 1.807) is 37.4 Å². The molecule has 0 saturated carbocycles. The maximum absolute atomic E-state index is 14.3. The zero-order chi connectivity index (χ0) is 21.9. The van der Waals surface area contributed by atoms with Crippen molar-refractivity contribution < 1.29 is 34.7 Å². The summed E-state index contributed by atoms with van der Waals surface area (Å²) in [5.74, 6) is -1.29. The highest BCUT2D eigenvalue weighted by molar-refractivity contribution is 5.84. The third-order valence-electron chi connectivity index (χ3n) is 4.25. The van der Waals surface area contributed by atoms with Crippen LogP contribution < -0.4 is 20.1 Å². The van der Waals surface area contributed by atoms with E-state index >= 15 is 0 Å². The van der Waals surface area contributed by atoms with Crippen LogP contribution in [0.2, 0.25) is 0 Å². The van der Waals surface area contributed by atoms with Gasteiger partial charge in [-0.1, -0.05) is 13.8 Å². The van der Waals surface area contributed by atoms with Gasteiger partial charge in [0.2, 0.25) is 5.91 Å². The Morgan fingerprint density at radius 1 is 1.23 bits per heavy atom. The topological polar surface area (TPSA) is 85.4 Å². The van der Waals surface area contributed by atoms with E-state index in [9.17, 15) is 22.4 Å². The normalized spacial score (nSPS) is 14.4. The van der Waals surface area contributed by atoms with E-state index in [1.165, 1.54) is 0 Å². The monoisotopic (exact) mass is 432 g/mol. The van der Waals surface area contributed by atoms with Gasteiger partial charge in [0.25, 0.3) is 0 Å². The van der Waals surface area contributed by atoms with Crippen molar-refractivity contribution in [2.45, 2.75) is 26.1 Å². The summed E-state index contributed by atoms with van der Waals surface area (Å²) in [7, 11) is 0. The maximum Gasteiger partial charge on any atom is 0.405 e. The lowest BCUT2D eigenvalue weighted by Gasteiger charge is -2.23. The molecule has 11 heteroatoms. The van der Waals surface area contributed by atoms with Gasteiger partial charge in [0.1, 0.15) is 25.8 Å². The van der Waals surface area contributed by atoms with Crippen LogP contribution >= 0.6 is 0 Å². The summed E-state index contributed by atoms with van der Waals surface area (Å²) in [6, 6.07) is 3.84. The van der Waals surface area contributed by atoms with E-state index < -0.39 is 36.4 Å². The van der Waals surface area contributed by atoms with Crippen molar-refractivity contribution in [3.05, 3.63) is 30.2 Å². The molecular formula is C19H24F4N4O3. The second kappa shape index (κ2) is 8.72. The average molecular weight is 432 g/mol. The number of carbonyl (C=O) groups is 1. The first-order valence-electron chi connectivity index (χ1n) is 9.17. The molecule has 1 aromatic carbocycles. The maximum atomic E-state index is 14.3. The molecule has 0 unspecified atom stereocenters. The number of ether oxygens (including phenoxy) is 2. The second-order valence-electron chi connectivity index (χ2n) is 6.95. The Balaban J connectivity index is 0.00000256. The molecule has 0 radical (unpaired) electrons. The van der Waals surface area contributed by atoms with E-state index in [4.69, 9.17) is 9.47 Å². The number of fused-ring (bicyclic) bond motifs is 1. The molecule has 30 heavy (non-hydrogen) atoms. The molecule has 0 aliphatic carbocycles. The molecule has 0 fully saturated rings. The fourth-order valence-electron chi connectivity index (χ4n) is 2.77. The summed E-state index contributed by atoms with van der Waals surface area (Å²) >= 11 is 0. The van der Waals surface area contributed by atoms with E-state index in [0.717, 1.165) is 6.20 Å². The van der Waals surface area contributed by atoms with Crippen LogP contribution in [0.15, 0.2) is 24.4 Å². The van der Waals surface area contributed by atoms with Gasteiger partial charge in [-0.25, -0.2) is 14.4 Å². The molecule has 3 rings (SSSR count). The molecule has 1 aliphatic rings. The van der Waals surface area contributed by atoms with Crippen molar-refractivity contribution >= 4 is 11.7 Å². The number of anilines is 1. The lowest BCUT2D eigenvalue weighted by atomic mass is 10.0. The quantitative estimate of drug-likeness (QED) is 0.678. The predicted octanol–water partition coefficient (Wildman–Crippen LogP) is 3.66. The highest BCUT2D eigenvalue weighted by atomic mass is 19.4. The highest BCUT2D eigenvalue weighted by Crippen LogP contribution is 2.34. The molecule has 2 N–H and O–H groups in total. The number of halogens is 4. The minimum Gasteiger partial charge on any atom is -0.486 e. The van der Waals surface area contributed by atoms with Crippen molar-refractivity contribution in [1.82, 2.24) is 15.3 Å². The number of rotatable bonds is 6. The first kappa shape index (κ1) is 21.6. The summed E-state index contributed by atoms with van der Waals surface area (Å²) in [6.07, 6.45) is -3.63. The van der Waals surface area contributed by atoms with Gasteiger partial charge < -0.3 is 20.1 Å². The standard InChI is InChI=1S/C19H20F4N4O3.2H2/c1-10(2)15(18(28)25-9-19(21,22)23)26-17-12(20)8-24-16(27-17)11-3-4-13-14(7-11)30-6-5-29-13;;/h3-4,7-8,10,15H,5-6,9H2,1-2H3,(H,25,28)(H,24,26,27);2*1H/t15-;;/m1../s1. The zero-order valence-corrected chi connectivity index (χ0v) is 16.2. The Morgan fingerprint density at radius 2 is 1.93 bits per heavy atom. The van der Waals surface area contributed by atoms with Crippen LogP contribution in [-0.2, 0) is 4.79 Å². The Kier molecular flexibility index (Phi) is 6.28. The Labute approximate surface area is 172 Å². The van der Waals surface area contributed by atoms with Gasteiger partial charge in [0, 0.05) is 8.42 Å². The van der Waals surface area contributed by atoms with Crippen molar-refractivity contribution in [3.8, 4) is 22.9 Å². The summed E-state index contributed by atoms with van der Waals surface area (Å²) in [6.45, 7) is 2.57. The summed E-state index contributed by atoms with van der Waals surface area (Å²) in [4.78, 5) is 20.3. The summed E-state index contributed by atoms with van der Waals surface area (Å²) in [5.41, 5.74) is 0.518. The molecular weight excluding hydrogens is 408 g/mol. The van der Waals surface area contributed by atoms with Gasteiger partial charge in [0.15, 0.2) is 29.0 Å². The van der Waals surface area contributed by atoms with E-state index in [0.29, 0.717) is 30.3 Å². The number of hydrogen-bond acceptors (Lipinski definition) is 6. The van der Waals surface area contributed by atoms with Gasteiger partial charge in [-0.15, -0.1) is 0 Å². The molecule has 2 heterocycles. The number of nitrogens with zero attached hydrogens (tertiary/aromatic N) is 2. The van der Waals surface area contributed by atoms with Gasteiger partial charge >= 0.3 is 6.18 Å². The molecule has 1 aliphatic heterocycles. The van der Waals surface area contributed by atoms with Gasteiger partial charge in [-0.3, -0.25) is 4.79 Å².